The molecule has 0 aliphatic rings. The molecule has 0 spiro atoms. The topological polar surface area (TPSA) is 40.5 Å². The number of rotatable bonds is 3. The van der Waals surface area contributed by atoms with E-state index in [1.54, 1.807) is 7.05 Å². The van der Waals surface area contributed by atoms with E-state index >= 15 is 0 Å². The van der Waals surface area contributed by atoms with Crippen LogP contribution < -0.4 is 0 Å². The van der Waals surface area contributed by atoms with Crippen LogP contribution in [0, 0.1) is 0 Å². The van der Waals surface area contributed by atoms with E-state index in [1.165, 1.54) is 16.2 Å². The molecule has 0 bridgehead atoms. The Balaban J connectivity index is 2.42. The monoisotopic (exact) mass is 269 g/mol. The standard InChI is InChI=1S/C12H12ClNO2S/c1-14(6-7-15)12(16)11-10(13)8-4-2-3-5-9(8)17-11/h2-5,15H,6-7H2,1H3. The third-order valence-corrected chi connectivity index (χ3v) is 4.17. The van der Waals surface area contributed by atoms with Crippen LogP contribution in [-0.2, 0) is 0 Å². The van der Waals surface area contributed by atoms with Gasteiger partial charge in [-0.25, -0.2) is 0 Å². The summed E-state index contributed by atoms with van der Waals surface area (Å²) in [6.45, 7) is 0.258. The minimum atomic E-state index is -0.148. The lowest BCUT2D eigenvalue weighted by Gasteiger charge is -2.14. The third-order valence-electron chi connectivity index (χ3n) is 2.51. The number of thiophene rings is 1. The van der Waals surface area contributed by atoms with Crippen molar-refractivity contribution >= 4 is 38.9 Å². The van der Waals surface area contributed by atoms with Crippen LogP contribution in [0.3, 0.4) is 0 Å². The molecule has 3 nitrogen and oxygen atoms in total. The second kappa shape index (κ2) is 5.04. The Morgan fingerprint density at radius 3 is 2.82 bits per heavy atom. The number of hydrogen-bond donors (Lipinski definition) is 1. The molecule has 0 fully saturated rings. The molecule has 17 heavy (non-hydrogen) atoms. The first-order valence-electron chi connectivity index (χ1n) is 5.18. The van der Waals surface area contributed by atoms with Crippen molar-refractivity contribution in [3.05, 3.63) is 34.2 Å². The van der Waals surface area contributed by atoms with Gasteiger partial charge in [-0.1, -0.05) is 29.8 Å². The number of aliphatic hydroxyl groups excluding tert-OH is 1. The molecular formula is C12H12ClNO2S. The quantitative estimate of drug-likeness (QED) is 0.931. The van der Waals surface area contributed by atoms with Gasteiger partial charge in [0.2, 0.25) is 0 Å². The first-order valence-corrected chi connectivity index (χ1v) is 6.38. The number of hydrogen-bond acceptors (Lipinski definition) is 3. The molecule has 1 aromatic heterocycles. The number of carbonyl (C=O) groups excluding carboxylic acids is 1. The van der Waals surface area contributed by atoms with Crippen LogP contribution in [-0.4, -0.2) is 36.1 Å². The van der Waals surface area contributed by atoms with Crippen molar-refractivity contribution < 1.29 is 9.90 Å². The highest BCUT2D eigenvalue weighted by Crippen LogP contribution is 2.35. The fraction of sp³-hybridized carbons (Fsp3) is 0.250. The fourth-order valence-corrected chi connectivity index (χ4v) is 3.08. The summed E-state index contributed by atoms with van der Waals surface area (Å²) in [5, 5.41) is 10.2. The second-order valence-corrected chi connectivity index (χ2v) is 5.12. The molecule has 0 unspecified atom stereocenters. The summed E-state index contributed by atoms with van der Waals surface area (Å²) in [6.07, 6.45) is 0. The lowest BCUT2D eigenvalue weighted by molar-refractivity contribution is 0.0772. The number of likely N-dealkylation sites (N-methyl/N-ethyl adjacent to an activating group) is 1. The van der Waals surface area contributed by atoms with Crippen LogP contribution in [0.5, 0.6) is 0 Å². The van der Waals surface area contributed by atoms with Crippen molar-refractivity contribution in [1.29, 1.82) is 0 Å². The van der Waals surface area contributed by atoms with Gasteiger partial charge in [-0.2, -0.15) is 0 Å². The van der Waals surface area contributed by atoms with Gasteiger partial charge < -0.3 is 10.0 Å². The molecular weight excluding hydrogens is 258 g/mol. The number of aliphatic hydroxyl groups is 1. The normalized spacial score (nSPS) is 10.8. The van der Waals surface area contributed by atoms with Crippen LogP contribution in [0.1, 0.15) is 9.67 Å². The average Bonchev–Trinajstić information content (AvgIpc) is 2.67. The van der Waals surface area contributed by atoms with Gasteiger partial charge in [0.05, 0.1) is 11.6 Å². The first kappa shape index (κ1) is 12.4. The predicted octanol–water partition coefficient (Wildman–Crippen LogP) is 2.62. The van der Waals surface area contributed by atoms with E-state index in [1.807, 2.05) is 24.3 Å². The Bertz CT molecular complexity index is 552. The highest BCUT2D eigenvalue weighted by atomic mass is 35.5. The number of carbonyl (C=O) groups is 1. The SMILES string of the molecule is CN(CCO)C(=O)c1sc2ccccc2c1Cl. The summed E-state index contributed by atoms with van der Waals surface area (Å²) in [6, 6.07) is 7.65. The van der Waals surface area contributed by atoms with Crippen molar-refractivity contribution in [2.75, 3.05) is 20.2 Å². The van der Waals surface area contributed by atoms with Gasteiger partial charge in [-0.05, 0) is 6.07 Å². The van der Waals surface area contributed by atoms with Gasteiger partial charge in [-0.3, -0.25) is 4.79 Å². The maximum absolute atomic E-state index is 12.1. The van der Waals surface area contributed by atoms with Gasteiger partial charge in [0.25, 0.3) is 5.91 Å². The molecule has 1 heterocycles. The zero-order valence-electron chi connectivity index (χ0n) is 9.31. The summed E-state index contributed by atoms with van der Waals surface area (Å²) < 4.78 is 0.998. The molecule has 0 saturated carbocycles. The van der Waals surface area contributed by atoms with Crippen molar-refractivity contribution in [3.63, 3.8) is 0 Å². The predicted molar refractivity (Wildman–Crippen MR) is 70.9 cm³/mol. The van der Waals surface area contributed by atoms with Crippen molar-refractivity contribution in [3.8, 4) is 0 Å². The molecule has 1 aromatic carbocycles. The smallest absolute Gasteiger partial charge is 0.265 e. The maximum Gasteiger partial charge on any atom is 0.265 e. The number of benzene rings is 1. The summed E-state index contributed by atoms with van der Waals surface area (Å²) >= 11 is 7.58. The first-order chi connectivity index (χ1) is 8.15. The average molecular weight is 270 g/mol. The minimum absolute atomic E-state index is 0.0508. The molecule has 0 aliphatic carbocycles. The van der Waals surface area contributed by atoms with E-state index in [4.69, 9.17) is 16.7 Å². The molecule has 0 radical (unpaired) electrons. The molecule has 0 saturated heterocycles. The molecule has 90 valence electrons. The summed E-state index contributed by atoms with van der Waals surface area (Å²) in [7, 11) is 1.65. The molecule has 0 atom stereocenters. The van der Waals surface area contributed by atoms with E-state index in [9.17, 15) is 4.79 Å². The van der Waals surface area contributed by atoms with Crippen LogP contribution in [0.2, 0.25) is 5.02 Å². The summed E-state index contributed by atoms with van der Waals surface area (Å²) in [5.74, 6) is -0.148. The molecule has 2 aromatic rings. The van der Waals surface area contributed by atoms with Crippen molar-refractivity contribution in [2.45, 2.75) is 0 Å². The third kappa shape index (κ3) is 2.29. The Morgan fingerprint density at radius 2 is 2.18 bits per heavy atom. The second-order valence-electron chi connectivity index (χ2n) is 3.69. The zero-order valence-corrected chi connectivity index (χ0v) is 10.9. The van der Waals surface area contributed by atoms with E-state index in [2.05, 4.69) is 0 Å². The highest BCUT2D eigenvalue weighted by Gasteiger charge is 2.19. The minimum Gasteiger partial charge on any atom is -0.395 e. The highest BCUT2D eigenvalue weighted by molar-refractivity contribution is 7.21. The van der Waals surface area contributed by atoms with Crippen LogP contribution >= 0.6 is 22.9 Å². The molecule has 0 aliphatic heterocycles. The fourth-order valence-electron chi connectivity index (χ4n) is 1.58. The van der Waals surface area contributed by atoms with Gasteiger partial charge in [0.1, 0.15) is 4.88 Å². The van der Waals surface area contributed by atoms with Crippen LogP contribution in [0.15, 0.2) is 24.3 Å². The Labute approximate surface area is 108 Å². The number of fused-ring (bicyclic) bond motifs is 1. The van der Waals surface area contributed by atoms with Gasteiger partial charge in [-0.15, -0.1) is 11.3 Å². The van der Waals surface area contributed by atoms with Crippen LogP contribution in [0.25, 0.3) is 10.1 Å². The zero-order chi connectivity index (χ0) is 12.4. The number of nitrogens with zero attached hydrogens (tertiary/aromatic N) is 1. The van der Waals surface area contributed by atoms with E-state index in [-0.39, 0.29) is 12.5 Å². The van der Waals surface area contributed by atoms with Crippen molar-refractivity contribution in [1.82, 2.24) is 4.90 Å². The van der Waals surface area contributed by atoms with Gasteiger partial charge >= 0.3 is 0 Å². The lowest BCUT2D eigenvalue weighted by Crippen LogP contribution is -2.28. The lowest BCUT2D eigenvalue weighted by atomic mass is 10.2. The molecule has 5 heteroatoms. The summed E-state index contributed by atoms with van der Waals surface area (Å²) in [4.78, 5) is 14.1. The Morgan fingerprint density at radius 1 is 1.47 bits per heavy atom. The Hall–Kier alpha value is -1.10. The van der Waals surface area contributed by atoms with E-state index in [0.717, 1.165) is 10.1 Å². The molecule has 1 amide bonds. The van der Waals surface area contributed by atoms with E-state index < -0.39 is 0 Å². The maximum atomic E-state index is 12.1. The number of halogens is 1. The Kier molecular flexibility index (Phi) is 3.66. The van der Waals surface area contributed by atoms with Crippen molar-refractivity contribution in [2.24, 2.45) is 0 Å². The largest absolute Gasteiger partial charge is 0.395 e. The molecule has 1 N–H and O–H groups in total. The van der Waals surface area contributed by atoms with E-state index in [0.29, 0.717) is 16.4 Å². The van der Waals surface area contributed by atoms with Gasteiger partial charge in [0.15, 0.2) is 0 Å². The molecule has 2 rings (SSSR count). The number of amides is 1. The van der Waals surface area contributed by atoms with Gasteiger partial charge in [0, 0.05) is 23.7 Å². The summed E-state index contributed by atoms with van der Waals surface area (Å²) in [5.41, 5.74) is 0. The van der Waals surface area contributed by atoms with Crippen LogP contribution in [0.4, 0.5) is 0 Å².